The molecule has 1 aromatic rings. The Morgan fingerprint density at radius 2 is 1.75 bits per heavy atom. The van der Waals surface area contributed by atoms with Gasteiger partial charge >= 0.3 is 0 Å². The standard InChI is InChI=1S/C17H29NO2/c1-4-15(5-2)18(12-13-19)11-10-17(20)16-9-7-6-8-14(16)3/h6-9,15,17,19-20H,4-5,10-13H2,1-3H3. The van der Waals surface area contributed by atoms with Crippen molar-refractivity contribution in [1.29, 1.82) is 0 Å². The molecule has 1 aromatic carbocycles. The zero-order valence-corrected chi connectivity index (χ0v) is 13.0. The summed E-state index contributed by atoms with van der Waals surface area (Å²) in [5, 5.41) is 19.6. The van der Waals surface area contributed by atoms with Crippen molar-refractivity contribution >= 4 is 0 Å². The minimum absolute atomic E-state index is 0.178. The van der Waals surface area contributed by atoms with Crippen molar-refractivity contribution in [3.8, 4) is 0 Å². The maximum atomic E-state index is 10.4. The number of nitrogens with zero attached hydrogens (tertiary/aromatic N) is 1. The molecule has 1 unspecified atom stereocenters. The molecular weight excluding hydrogens is 250 g/mol. The van der Waals surface area contributed by atoms with Gasteiger partial charge in [-0.25, -0.2) is 0 Å². The van der Waals surface area contributed by atoms with E-state index in [-0.39, 0.29) is 6.61 Å². The summed E-state index contributed by atoms with van der Waals surface area (Å²) in [4.78, 5) is 2.29. The summed E-state index contributed by atoms with van der Waals surface area (Å²) in [7, 11) is 0. The van der Waals surface area contributed by atoms with E-state index in [4.69, 9.17) is 0 Å². The highest BCUT2D eigenvalue weighted by Crippen LogP contribution is 2.21. The fraction of sp³-hybridized carbons (Fsp3) is 0.647. The Hall–Kier alpha value is -0.900. The lowest BCUT2D eigenvalue weighted by molar-refractivity contribution is 0.103. The fourth-order valence-electron chi connectivity index (χ4n) is 2.81. The Morgan fingerprint density at radius 3 is 2.30 bits per heavy atom. The van der Waals surface area contributed by atoms with Gasteiger partial charge in [-0.2, -0.15) is 0 Å². The molecule has 1 atom stereocenters. The predicted octanol–water partition coefficient (Wildman–Crippen LogP) is 2.90. The molecule has 0 aliphatic carbocycles. The van der Waals surface area contributed by atoms with E-state index in [1.165, 1.54) is 0 Å². The molecule has 0 fully saturated rings. The molecular formula is C17H29NO2. The molecule has 0 bridgehead atoms. The van der Waals surface area contributed by atoms with E-state index < -0.39 is 6.10 Å². The molecule has 3 heteroatoms. The zero-order valence-electron chi connectivity index (χ0n) is 13.0. The molecule has 0 radical (unpaired) electrons. The third-order valence-corrected chi connectivity index (χ3v) is 4.08. The van der Waals surface area contributed by atoms with Crippen molar-refractivity contribution in [2.75, 3.05) is 19.7 Å². The topological polar surface area (TPSA) is 43.7 Å². The monoisotopic (exact) mass is 279 g/mol. The number of benzene rings is 1. The van der Waals surface area contributed by atoms with Crippen molar-refractivity contribution in [3.05, 3.63) is 35.4 Å². The van der Waals surface area contributed by atoms with Crippen LogP contribution in [0.15, 0.2) is 24.3 Å². The van der Waals surface area contributed by atoms with E-state index in [0.29, 0.717) is 19.0 Å². The minimum atomic E-state index is -0.424. The van der Waals surface area contributed by atoms with Crippen molar-refractivity contribution in [2.24, 2.45) is 0 Å². The van der Waals surface area contributed by atoms with Crippen LogP contribution in [0.4, 0.5) is 0 Å². The number of aliphatic hydroxyl groups excluding tert-OH is 2. The second kappa shape index (κ2) is 9.11. The van der Waals surface area contributed by atoms with Gasteiger partial charge in [0.15, 0.2) is 0 Å². The molecule has 0 saturated heterocycles. The first kappa shape index (κ1) is 17.2. The molecule has 0 spiro atoms. The second-order valence-electron chi connectivity index (χ2n) is 5.39. The van der Waals surface area contributed by atoms with Gasteiger partial charge in [0, 0.05) is 19.1 Å². The lowest BCUT2D eigenvalue weighted by atomic mass is 10.0. The maximum Gasteiger partial charge on any atom is 0.0804 e. The van der Waals surface area contributed by atoms with Crippen molar-refractivity contribution in [1.82, 2.24) is 4.90 Å². The van der Waals surface area contributed by atoms with Gasteiger partial charge in [0.05, 0.1) is 12.7 Å². The lowest BCUT2D eigenvalue weighted by Crippen LogP contribution is -2.38. The van der Waals surface area contributed by atoms with Gasteiger partial charge in [-0.1, -0.05) is 38.1 Å². The van der Waals surface area contributed by atoms with Gasteiger partial charge in [-0.15, -0.1) is 0 Å². The summed E-state index contributed by atoms with van der Waals surface area (Å²) in [6.45, 7) is 8.07. The van der Waals surface area contributed by atoms with E-state index in [1.807, 2.05) is 31.2 Å². The summed E-state index contributed by atoms with van der Waals surface area (Å²) in [6, 6.07) is 8.48. The molecule has 0 saturated carbocycles. The summed E-state index contributed by atoms with van der Waals surface area (Å²) in [6.07, 6.45) is 2.45. The van der Waals surface area contributed by atoms with Crippen LogP contribution < -0.4 is 0 Å². The molecule has 0 aromatic heterocycles. The number of rotatable bonds is 9. The lowest BCUT2D eigenvalue weighted by Gasteiger charge is -2.30. The molecule has 2 N–H and O–H groups in total. The summed E-state index contributed by atoms with van der Waals surface area (Å²) in [5.41, 5.74) is 2.15. The van der Waals surface area contributed by atoms with Crippen molar-refractivity contribution in [3.63, 3.8) is 0 Å². The quantitative estimate of drug-likeness (QED) is 0.730. The molecule has 20 heavy (non-hydrogen) atoms. The second-order valence-corrected chi connectivity index (χ2v) is 5.39. The van der Waals surface area contributed by atoms with Crippen LogP contribution in [0.5, 0.6) is 0 Å². The molecule has 0 amide bonds. The van der Waals surface area contributed by atoms with E-state index in [1.54, 1.807) is 0 Å². The van der Waals surface area contributed by atoms with Crippen molar-refractivity contribution < 1.29 is 10.2 Å². The van der Waals surface area contributed by atoms with E-state index in [0.717, 1.165) is 30.5 Å². The Morgan fingerprint density at radius 1 is 1.10 bits per heavy atom. The van der Waals surface area contributed by atoms with Gasteiger partial charge in [0.25, 0.3) is 0 Å². The molecule has 1 rings (SSSR count). The van der Waals surface area contributed by atoms with E-state index in [2.05, 4.69) is 18.7 Å². The maximum absolute atomic E-state index is 10.4. The smallest absolute Gasteiger partial charge is 0.0804 e. The van der Waals surface area contributed by atoms with Crippen LogP contribution >= 0.6 is 0 Å². The fourth-order valence-corrected chi connectivity index (χ4v) is 2.81. The summed E-state index contributed by atoms with van der Waals surface area (Å²) in [5.74, 6) is 0. The third-order valence-electron chi connectivity index (χ3n) is 4.08. The van der Waals surface area contributed by atoms with Gasteiger partial charge in [0.1, 0.15) is 0 Å². The van der Waals surface area contributed by atoms with Gasteiger partial charge in [-0.3, -0.25) is 4.90 Å². The zero-order chi connectivity index (χ0) is 15.0. The number of aryl methyl sites for hydroxylation is 1. The molecule has 0 aliphatic heterocycles. The van der Waals surface area contributed by atoms with Crippen LogP contribution in [0.3, 0.4) is 0 Å². The number of aliphatic hydroxyl groups is 2. The van der Waals surface area contributed by atoms with Crippen molar-refractivity contribution in [2.45, 2.75) is 52.2 Å². The number of hydrogen-bond acceptors (Lipinski definition) is 3. The van der Waals surface area contributed by atoms with Gasteiger partial charge < -0.3 is 10.2 Å². The van der Waals surface area contributed by atoms with Crippen LogP contribution in [-0.2, 0) is 0 Å². The van der Waals surface area contributed by atoms with Crippen LogP contribution in [0.25, 0.3) is 0 Å². The average Bonchev–Trinajstić information content (AvgIpc) is 2.46. The highest BCUT2D eigenvalue weighted by atomic mass is 16.3. The first-order valence-electron chi connectivity index (χ1n) is 7.72. The van der Waals surface area contributed by atoms with Crippen LogP contribution in [0, 0.1) is 6.92 Å². The van der Waals surface area contributed by atoms with Crippen LogP contribution in [0.1, 0.15) is 50.3 Å². The highest BCUT2D eigenvalue weighted by molar-refractivity contribution is 5.27. The molecule has 0 aliphatic rings. The van der Waals surface area contributed by atoms with Crippen LogP contribution in [0.2, 0.25) is 0 Å². The largest absolute Gasteiger partial charge is 0.395 e. The predicted molar refractivity (Wildman–Crippen MR) is 83.8 cm³/mol. The molecule has 3 nitrogen and oxygen atoms in total. The van der Waals surface area contributed by atoms with Gasteiger partial charge in [-0.05, 0) is 37.3 Å². The first-order valence-corrected chi connectivity index (χ1v) is 7.72. The van der Waals surface area contributed by atoms with E-state index in [9.17, 15) is 10.2 Å². The SMILES string of the molecule is CCC(CC)N(CCO)CCC(O)c1ccccc1C. The Labute approximate surface area is 123 Å². The summed E-state index contributed by atoms with van der Waals surface area (Å²) < 4.78 is 0. The average molecular weight is 279 g/mol. The van der Waals surface area contributed by atoms with Crippen LogP contribution in [-0.4, -0.2) is 40.9 Å². The minimum Gasteiger partial charge on any atom is -0.395 e. The normalized spacial score (nSPS) is 13.2. The highest BCUT2D eigenvalue weighted by Gasteiger charge is 2.17. The molecule has 0 heterocycles. The van der Waals surface area contributed by atoms with Gasteiger partial charge in [0.2, 0.25) is 0 Å². The first-order chi connectivity index (χ1) is 9.63. The van der Waals surface area contributed by atoms with E-state index >= 15 is 0 Å². The molecule has 114 valence electrons. The third kappa shape index (κ3) is 4.89. The Balaban J connectivity index is 2.60. The Kier molecular flexibility index (Phi) is 7.82. The number of hydrogen-bond donors (Lipinski definition) is 2. The summed E-state index contributed by atoms with van der Waals surface area (Å²) >= 11 is 0. The Bertz CT molecular complexity index is 377.